The smallest absolute Gasteiger partial charge is 0.256 e. The highest BCUT2D eigenvalue weighted by Gasteiger charge is 2.18. The monoisotopic (exact) mass is 287 g/mol. The molecule has 0 saturated heterocycles. The minimum Gasteiger partial charge on any atom is -0.385 e. The van der Waals surface area contributed by atoms with Crippen molar-refractivity contribution in [2.75, 3.05) is 27.3 Å². The van der Waals surface area contributed by atoms with E-state index in [-0.39, 0.29) is 16.5 Å². The van der Waals surface area contributed by atoms with E-state index in [9.17, 15) is 9.18 Å². The summed E-state index contributed by atoms with van der Waals surface area (Å²) in [5.41, 5.74) is 0.642. The second kappa shape index (κ2) is 7.46. The molecule has 5 heteroatoms. The number of nitrogens with zero attached hydrogens (tertiary/aromatic N) is 1. The lowest BCUT2D eigenvalue weighted by Crippen LogP contribution is -2.28. The summed E-state index contributed by atoms with van der Waals surface area (Å²) in [5.74, 6) is -0.993. The van der Waals surface area contributed by atoms with E-state index < -0.39 is 5.82 Å². The first-order chi connectivity index (χ1) is 8.99. The first-order valence-corrected chi connectivity index (χ1v) is 6.55. The summed E-state index contributed by atoms with van der Waals surface area (Å²) in [6.07, 6.45) is 1.68. The van der Waals surface area contributed by atoms with Crippen LogP contribution in [0, 0.1) is 12.7 Å². The van der Waals surface area contributed by atoms with Gasteiger partial charge in [-0.05, 0) is 31.4 Å². The highest BCUT2D eigenvalue weighted by atomic mass is 35.5. The van der Waals surface area contributed by atoms with Gasteiger partial charge in [0.05, 0.1) is 10.6 Å². The Morgan fingerprint density at radius 3 is 2.74 bits per heavy atom. The average Bonchev–Trinajstić information content (AvgIpc) is 2.40. The minimum absolute atomic E-state index is 0.0126. The standard InChI is InChI=1S/C14H19ClFNO2/c1-10-6-7-11(13(16)12(10)15)14(18)17(2)8-4-5-9-19-3/h6-7H,4-5,8-9H2,1-3H3. The van der Waals surface area contributed by atoms with Gasteiger partial charge in [-0.2, -0.15) is 0 Å². The lowest BCUT2D eigenvalue weighted by Gasteiger charge is -2.18. The van der Waals surface area contributed by atoms with Crippen LogP contribution < -0.4 is 0 Å². The number of unbranched alkanes of at least 4 members (excludes halogenated alkanes) is 1. The maximum Gasteiger partial charge on any atom is 0.256 e. The lowest BCUT2D eigenvalue weighted by molar-refractivity contribution is 0.0784. The van der Waals surface area contributed by atoms with Crippen LogP contribution in [0.15, 0.2) is 12.1 Å². The molecule has 0 bridgehead atoms. The first-order valence-electron chi connectivity index (χ1n) is 6.18. The SMILES string of the molecule is COCCCCN(C)C(=O)c1ccc(C)c(Cl)c1F. The summed E-state index contributed by atoms with van der Waals surface area (Å²) in [6.45, 7) is 2.92. The van der Waals surface area contributed by atoms with Gasteiger partial charge in [-0.25, -0.2) is 4.39 Å². The third-order valence-corrected chi connectivity index (χ3v) is 3.41. The molecule has 0 heterocycles. The van der Waals surface area contributed by atoms with Crippen molar-refractivity contribution in [2.45, 2.75) is 19.8 Å². The summed E-state index contributed by atoms with van der Waals surface area (Å²) in [6, 6.07) is 3.13. The molecule has 0 radical (unpaired) electrons. The summed E-state index contributed by atoms with van der Waals surface area (Å²) < 4.78 is 18.9. The molecule has 3 nitrogen and oxygen atoms in total. The predicted molar refractivity (Wildman–Crippen MR) is 74.2 cm³/mol. The molecule has 0 aliphatic rings. The second-order valence-electron chi connectivity index (χ2n) is 4.48. The molecule has 0 aliphatic carbocycles. The van der Waals surface area contributed by atoms with Gasteiger partial charge < -0.3 is 9.64 Å². The fourth-order valence-corrected chi connectivity index (χ4v) is 1.88. The van der Waals surface area contributed by atoms with Crippen LogP contribution in [0.5, 0.6) is 0 Å². The number of amides is 1. The molecule has 1 rings (SSSR count). The molecule has 0 fully saturated rings. The summed E-state index contributed by atoms with van der Waals surface area (Å²) in [7, 11) is 3.29. The van der Waals surface area contributed by atoms with Gasteiger partial charge in [-0.15, -0.1) is 0 Å². The Kier molecular flexibility index (Phi) is 6.25. The second-order valence-corrected chi connectivity index (χ2v) is 4.86. The summed E-state index contributed by atoms with van der Waals surface area (Å²) >= 11 is 5.81. The molecule has 106 valence electrons. The van der Waals surface area contributed by atoms with E-state index in [0.29, 0.717) is 18.7 Å². The third-order valence-electron chi connectivity index (χ3n) is 2.94. The highest BCUT2D eigenvalue weighted by Crippen LogP contribution is 2.23. The van der Waals surface area contributed by atoms with Gasteiger partial charge in [0.15, 0.2) is 5.82 Å². The summed E-state index contributed by atoms with van der Waals surface area (Å²) in [5, 5.41) is 0.0126. The van der Waals surface area contributed by atoms with Crippen molar-refractivity contribution in [3.8, 4) is 0 Å². The molecule has 0 N–H and O–H groups in total. The van der Waals surface area contributed by atoms with E-state index in [0.717, 1.165) is 12.8 Å². The van der Waals surface area contributed by atoms with Crippen molar-refractivity contribution in [1.82, 2.24) is 4.90 Å². The number of rotatable bonds is 6. The molecule has 0 spiro atoms. The summed E-state index contributed by atoms with van der Waals surface area (Å²) in [4.78, 5) is 13.6. The number of methoxy groups -OCH3 is 1. The molecule has 0 aliphatic heterocycles. The van der Waals surface area contributed by atoms with Crippen LogP contribution in [0.2, 0.25) is 5.02 Å². The van der Waals surface area contributed by atoms with Gasteiger partial charge >= 0.3 is 0 Å². The van der Waals surface area contributed by atoms with Crippen LogP contribution in [-0.4, -0.2) is 38.1 Å². The van der Waals surface area contributed by atoms with Gasteiger partial charge in [0.2, 0.25) is 0 Å². The maximum atomic E-state index is 13.9. The Labute approximate surface area is 118 Å². The average molecular weight is 288 g/mol. The van der Waals surface area contributed by atoms with Crippen LogP contribution in [0.25, 0.3) is 0 Å². The molecular formula is C14H19ClFNO2. The van der Waals surface area contributed by atoms with Gasteiger partial charge in [0.1, 0.15) is 0 Å². The Balaban J connectivity index is 2.69. The van der Waals surface area contributed by atoms with Crippen LogP contribution in [-0.2, 0) is 4.74 Å². The molecule has 1 aromatic carbocycles. The van der Waals surface area contributed by atoms with Crippen molar-refractivity contribution in [1.29, 1.82) is 0 Å². The number of aryl methyl sites for hydroxylation is 1. The molecule has 19 heavy (non-hydrogen) atoms. The number of carbonyl (C=O) groups excluding carboxylic acids is 1. The van der Waals surface area contributed by atoms with Crippen LogP contribution in [0.3, 0.4) is 0 Å². The van der Waals surface area contributed by atoms with Crippen molar-refractivity contribution in [3.05, 3.63) is 34.1 Å². The van der Waals surface area contributed by atoms with Crippen LogP contribution >= 0.6 is 11.6 Å². The van der Waals surface area contributed by atoms with E-state index in [1.165, 1.54) is 11.0 Å². The number of ether oxygens (including phenoxy) is 1. The Hall–Kier alpha value is -1.13. The minimum atomic E-state index is -0.643. The number of hydrogen-bond donors (Lipinski definition) is 0. The number of hydrogen-bond acceptors (Lipinski definition) is 2. The van der Waals surface area contributed by atoms with E-state index >= 15 is 0 Å². The predicted octanol–water partition coefficient (Wildman–Crippen LogP) is 3.29. The largest absolute Gasteiger partial charge is 0.385 e. The fourth-order valence-electron chi connectivity index (χ4n) is 1.71. The molecule has 0 atom stereocenters. The number of halogens is 2. The zero-order chi connectivity index (χ0) is 14.4. The van der Waals surface area contributed by atoms with Gasteiger partial charge in [-0.3, -0.25) is 4.79 Å². The highest BCUT2D eigenvalue weighted by molar-refractivity contribution is 6.31. The van der Waals surface area contributed by atoms with Gasteiger partial charge in [0.25, 0.3) is 5.91 Å². The zero-order valence-electron chi connectivity index (χ0n) is 11.5. The van der Waals surface area contributed by atoms with Gasteiger partial charge in [-0.1, -0.05) is 17.7 Å². The molecule has 0 unspecified atom stereocenters. The molecule has 0 aromatic heterocycles. The molecule has 1 amide bonds. The van der Waals surface area contributed by atoms with E-state index in [1.807, 2.05) is 0 Å². The third kappa shape index (κ3) is 4.18. The Morgan fingerprint density at radius 2 is 2.11 bits per heavy atom. The van der Waals surface area contributed by atoms with Crippen molar-refractivity contribution in [3.63, 3.8) is 0 Å². The Morgan fingerprint density at radius 1 is 1.42 bits per heavy atom. The lowest BCUT2D eigenvalue weighted by atomic mass is 10.1. The van der Waals surface area contributed by atoms with Gasteiger partial charge in [0, 0.05) is 27.3 Å². The first kappa shape index (κ1) is 15.9. The number of carbonyl (C=O) groups is 1. The van der Waals surface area contributed by atoms with Crippen molar-refractivity contribution >= 4 is 17.5 Å². The topological polar surface area (TPSA) is 29.5 Å². The molecule has 0 saturated carbocycles. The fraction of sp³-hybridized carbons (Fsp3) is 0.500. The van der Waals surface area contributed by atoms with E-state index in [4.69, 9.17) is 16.3 Å². The van der Waals surface area contributed by atoms with E-state index in [2.05, 4.69) is 0 Å². The van der Waals surface area contributed by atoms with Crippen LogP contribution in [0.4, 0.5) is 4.39 Å². The van der Waals surface area contributed by atoms with E-state index in [1.54, 1.807) is 27.1 Å². The Bertz CT molecular complexity index is 451. The van der Waals surface area contributed by atoms with Crippen molar-refractivity contribution in [2.24, 2.45) is 0 Å². The quantitative estimate of drug-likeness (QED) is 0.752. The maximum absolute atomic E-state index is 13.9. The number of benzene rings is 1. The molecule has 1 aromatic rings. The van der Waals surface area contributed by atoms with Crippen LogP contribution in [0.1, 0.15) is 28.8 Å². The zero-order valence-corrected chi connectivity index (χ0v) is 12.3. The van der Waals surface area contributed by atoms with Crippen molar-refractivity contribution < 1.29 is 13.9 Å². The molecular weight excluding hydrogens is 269 g/mol. The normalized spacial score (nSPS) is 10.6.